The van der Waals surface area contributed by atoms with Gasteiger partial charge in [0.1, 0.15) is 5.41 Å². The molecule has 0 amide bonds. The Labute approximate surface area is 192 Å². The summed E-state index contributed by atoms with van der Waals surface area (Å²) in [4.78, 5) is 43.8. The number of hydrogen-bond donors (Lipinski definition) is 0. The van der Waals surface area contributed by atoms with Gasteiger partial charge < -0.3 is 4.90 Å². The molecule has 3 aromatic carbocycles. The summed E-state index contributed by atoms with van der Waals surface area (Å²) in [7, 11) is 0. The monoisotopic (exact) mass is 433 g/mol. The number of fused-ring (bicyclic) bond motifs is 5. The first-order valence-corrected chi connectivity index (χ1v) is 11.3. The molecule has 0 bridgehead atoms. The summed E-state index contributed by atoms with van der Waals surface area (Å²) < 4.78 is 0. The van der Waals surface area contributed by atoms with Crippen LogP contribution in [0.3, 0.4) is 0 Å². The number of anilines is 1. The number of Topliss-reactive ketones (excluding diaryl/α,β-unsaturated/α-hetero) is 3. The zero-order valence-electron chi connectivity index (χ0n) is 18.5. The standard InChI is InChI=1S/C29H23NO3/c1-17-11-13-20(14-12-17)25-26(18(2)31)30-23-10-6-3-7-19(23)15-16-24(30)29(25)27(32)21-8-4-5-9-22(21)28(29)33/h3-16,24-26H,1-2H3/t24-,25-,26-/m1/s1. The molecule has 2 aliphatic heterocycles. The van der Waals surface area contributed by atoms with Crippen molar-refractivity contribution in [1.29, 1.82) is 0 Å². The van der Waals surface area contributed by atoms with Crippen LogP contribution in [0.15, 0.2) is 78.9 Å². The van der Waals surface area contributed by atoms with Crippen LogP contribution in [0.25, 0.3) is 6.08 Å². The van der Waals surface area contributed by atoms with Crippen molar-refractivity contribution >= 4 is 29.1 Å². The van der Waals surface area contributed by atoms with E-state index in [1.807, 2.05) is 72.5 Å². The van der Waals surface area contributed by atoms with Gasteiger partial charge in [-0.15, -0.1) is 0 Å². The number of aryl methyl sites for hydroxylation is 1. The average molecular weight is 434 g/mol. The van der Waals surface area contributed by atoms with E-state index in [9.17, 15) is 14.4 Å². The number of rotatable bonds is 2. The van der Waals surface area contributed by atoms with Crippen molar-refractivity contribution in [3.05, 3.63) is 107 Å². The van der Waals surface area contributed by atoms with Gasteiger partial charge in [0.25, 0.3) is 0 Å². The van der Waals surface area contributed by atoms with Crippen molar-refractivity contribution < 1.29 is 14.4 Å². The van der Waals surface area contributed by atoms with Gasteiger partial charge >= 0.3 is 0 Å². The van der Waals surface area contributed by atoms with Crippen LogP contribution in [0.4, 0.5) is 5.69 Å². The van der Waals surface area contributed by atoms with Crippen molar-refractivity contribution in [3.63, 3.8) is 0 Å². The van der Waals surface area contributed by atoms with E-state index < -0.39 is 23.4 Å². The molecule has 0 aromatic heterocycles. The van der Waals surface area contributed by atoms with E-state index in [0.717, 1.165) is 22.4 Å². The summed E-state index contributed by atoms with van der Waals surface area (Å²) in [5.74, 6) is -1.01. The van der Waals surface area contributed by atoms with Crippen LogP contribution in [-0.4, -0.2) is 29.4 Å². The molecule has 3 aliphatic rings. The van der Waals surface area contributed by atoms with Gasteiger partial charge in [-0.25, -0.2) is 0 Å². The van der Waals surface area contributed by atoms with Gasteiger partial charge in [0, 0.05) is 22.7 Å². The highest BCUT2D eigenvalue weighted by Gasteiger charge is 2.71. The highest BCUT2D eigenvalue weighted by atomic mass is 16.2. The fourth-order valence-corrected chi connectivity index (χ4v) is 6.22. The quantitative estimate of drug-likeness (QED) is 0.533. The summed E-state index contributed by atoms with van der Waals surface area (Å²) in [6, 6.07) is 21.7. The molecule has 0 saturated carbocycles. The van der Waals surface area contributed by atoms with Gasteiger partial charge in [0.05, 0.1) is 12.1 Å². The molecule has 1 saturated heterocycles. The maximum Gasteiger partial charge on any atom is 0.180 e. The molecule has 33 heavy (non-hydrogen) atoms. The Kier molecular flexibility index (Phi) is 4.12. The van der Waals surface area contributed by atoms with E-state index in [1.165, 1.54) is 0 Å². The zero-order chi connectivity index (χ0) is 22.9. The summed E-state index contributed by atoms with van der Waals surface area (Å²) >= 11 is 0. The first kappa shape index (κ1) is 19.9. The predicted molar refractivity (Wildman–Crippen MR) is 128 cm³/mol. The molecule has 0 unspecified atom stereocenters. The van der Waals surface area contributed by atoms with Gasteiger partial charge in [-0.2, -0.15) is 0 Å². The molecule has 4 nitrogen and oxygen atoms in total. The lowest BCUT2D eigenvalue weighted by Gasteiger charge is -2.37. The van der Waals surface area contributed by atoms with Gasteiger partial charge in [0.15, 0.2) is 17.3 Å². The number of para-hydroxylation sites is 1. The number of benzene rings is 3. The van der Waals surface area contributed by atoms with Crippen LogP contribution in [0.5, 0.6) is 0 Å². The fourth-order valence-electron chi connectivity index (χ4n) is 6.22. The summed E-state index contributed by atoms with van der Waals surface area (Å²) in [5.41, 5.74) is 3.31. The van der Waals surface area contributed by atoms with Crippen molar-refractivity contribution in [2.24, 2.45) is 5.41 Å². The molecule has 0 N–H and O–H groups in total. The minimum Gasteiger partial charge on any atom is -0.352 e. The average Bonchev–Trinajstić information content (AvgIpc) is 3.27. The number of carbonyl (C=O) groups excluding carboxylic acids is 3. The smallest absolute Gasteiger partial charge is 0.180 e. The fraction of sp³-hybridized carbons (Fsp3) is 0.207. The topological polar surface area (TPSA) is 54.5 Å². The minimum atomic E-state index is -1.39. The molecule has 3 aromatic rings. The van der Waals surface area contributed by atoms with E-state index in [1.54, 1.807) is 31.2 Å². The van der Waals surface area contributed by atoms with Gasteiger partial charge in [0.2, 0.25) is 0 Å². The molecule has 2 heterocycles. The number of ketones is 3. The third kappa shape index (κ3) is 2.44. The van der Waals surface area contributed by atoms with Crippen LogP contribution < -0.4 is 4.90 Å². The van der Waals surface area contributed by atoms with E-state index in [4.69, 9.17) is 0 Å². The van der Waals surface area contributed by atoms with Crippen LogP contribution in [0.2, 0.25) is 0 Å². The van der Waals surface area contributed by atoms with E-state index in [0.29, 0.717) is 11.1 Å². The molecule has 1 spiro atoms. The van der Waals surface area contributed by atoms with Crippen LogP contribution in [0, 0.1) is 12.3 Å². The summed E-state index contributed by atoms with van der Waals surface area (Å²) in [5, 5.41) is 0. The van der Waals surface area contributed by atoms with Crippen molar-refractivity contribution in [2.45, 2.75) is 31.8 Å². The Morgan fingerprint density at radius 2 is 1.45 bits per heavy atom. The molecule has 6 rings (SSSR count). The second-order valence-electron chi connectivity index (χ2n) is 9.29. The Morgan fingerprint density at radius 3 is 2.09 bits per heavy atom. The van der Waals surface area contributed by atoms with Crippen LogP contribution in [0.1, 0.15) is 50.2 Å². The number of carbonyl (C=O) groups is 3. The normalized spacial score (nSPS) is 24.1. The van der Waals surface area contributed by atoms with Gasteiger partial charge in [-0.3, -0.25) is 14.4 Å². The van der Waals surface area contributed by atoms with Crippen LogP contribution >= 0.6 is 0 Å². The third-order valence-electron chi connectivity index (χ3n) is 7.57. The van der Waals surface area contributed by atoms with E-state index in [-0.39, 0.29) is 17.3 Å². The third-order valence-corrected chi connectivity index (χ3v) is 7.57. The largest absolute Gasteiger partial charge is 0.352 e. The number of hydrogen-bond acceptors (Lipinski definition) is 4. The summed E-state index contributed by atoms with van der Waals surface area (Å²) in [6.45, 7) is 3.57. The van der Waals surface area contributed by atoms with Crippen molar-refractivity contribution in [3.8, 4) is 0 Å². The Hall–Kier alpha value is -3.79. The highest BCUT2D eigenvalue weighted by molar-refractivity contribution is 6.32. The lowest BCUT2D eigenvalue weighted by atomic mass is 9.64. The van der Waals surface area contributed by atoms with Gasteiger partial charge in [-0.05, 0) is 31.0 Å². The molecular weight excluding hydrogens is 410 g/mol. The second-order valence-corrected chi connectivity index (χ2v) is 9.29. The molecule has 0 radical (unpaired) electrons. The first-order chi connectivity index (χ1) is 16.0. The highest BCUT2D eigenvalue weighted by Crippen LogP contribution is 2.60. The van der Waals surface area contributed by atoms with Crippen molar-refractivity contribution in [1.82, 2.24) is 0 Å². The summed E-state index contributed by atoms with van der Waals surface area (Å²) in [6.07, 6.45) is 3.94. The maximum atomic E-state index is 14.2. The zero-order valence-corrected chi connectivity index (χ0v) is 18.5. The molecule has 3 atom stereocenters. The van der Waals surface area contributed by atoms with E-state index in [2.05, 4.69) is 0 Å². The maximum absolute atomic E-state index is 14.2. The predicted octanol–water partition coefficient (Wildman–Crippen LogP) is 5.02. The lowest BCUT2D eigenvalue weighted by Crippen LogP contribution is -2.48. The van der Waals surface area contributed by atoms with Gasteiger partial charge in [-0.1, -0.05) is 84.4 Å². The second kappa shape index (κ2) is 6.85. The number of nitrogens with zero attached hydrogens (tertiary/aromatic N) is 1. The Morgan fingerprint density at radius 1 is 0.848 bits per heavy atom. The molecule has 1 fully saturated rings. The molecule has 4 heteroatoms. The molecular formula is C29H23NO3. The molecule has 1 aliphatic carbocycles. The SMILES string of the molecule is CC(=O)[C@@H]1[C@@H](c2ccc(C)cc2)C2(C(=O)c3ccccc3C2=O)[C@H]2C=Cc3ccccc3N12. The Bertz CT molecular complexity index is 1330. The van der Waals surface area contributed by atoms with E-state index >= 15 is 0 Å². The first-order valence-electron chi connectivity index (χ1n) is 11.3. The van der Waals surface area contributed by atoms with Crippen molar-refractivity contribution in [2.75, 3.05) is 4.90 Å². The van der Waals surface area contributed by atoms with Crippen LogP contribution in [-0.2, 0) is 4.79 Å². The minimum absolute atomic E-state index is 0.0518. The molecule has 162 valence electrons. The lowest BCUT2D eigenvalue weighted by molar-refractivity contribution is -0.118. The Balaban J connectivity index is 1.68.